The number of aliphatic carboxylic acids is 1. The summed E-state index contributed by atoms with van der Waals surface area (Å²) in [5, 5.41) is 14.0. The molecule has 2 amide bonds. The summed E-state index contributed by atoms with van der Waals surface area (Å²) in [5.74, 6) is -1.22. The molecule has 0 saturated heterocycles. The first-order valence-electron chi connectivity index (χ1n) is 22.0. The van der Waals surface area contributed by atoms with Crippen LogP contribution in [0.5, 0.6) is 0 Å². The van der Waals surface area contributed by atoms with Crippen molar-refractivity contribution in [3.05, 3.63) is 59.7 Å². The van der Waals surface area contributed by atoms with E-state index in [1.165, 1.54) is 22.3 Å². The third-order valence-corrected chi connectivity index (χ3v) is 9.15. The molecule has 3 N–H and O–H groups in total. The normalized spacial score (nSPS) is 12.0. The number of hydrogen-bond acceptors (Lipinski definition) is 15. The Balaban J connectivity index is 0.915. The maximum atomic E-state index is 12.3. The third kappa shape index (κ3) is 27.2. The number of carbonyl (C=O) groups is 3. The van der Waals surface area contributed by atoms with Gasteiger partial charge >= 0.3 is 12.1 Å². The van der Waals surface area contributed by atoms with E-state index in [1.807, 2.05) is 24.3 Å². The molecular weight excluding hydrogens is 824 g/mol. The predicted octanol–water partition coefficient (Wildman–Crippen LogP) is 3.47. The molecule has 18 nitrogen and oxygen atoms in total. The molecule has 2 aromatic rings. The first-order valence-corrected chi connectivity index (χ1v) is 22.0. The van der Waals surface area contributed by atoms with Gasteiger partial charge in [0.05, 0.1) is 139 Å². The summed E-state index contributed by atoms with van der Waals surface area (Å²) in [4.78, 5) is 34.1. The molecular formula is C45H70N2O16. The minimum Gasteiger partial charge on any atom is -0.481 e. The van der Waals surface area contributed by atoms with Crippen LogP contribution in [0.1, 0.15) is 42.7 Å². The zero-order chi connectivity index (χ0) is 44.7. The van der Waals surface area contributed by atoms with E-state index < -0.39 is 12.1 Å². The number of carboxylic acid groups (broad SMARTS) is 1. The highest BCUT2D eigenvalue weighted by Crippen LogP contribution is 2.44. The van der Waals surface area contributed by atoms with E-state index in [2.05, 4.69) is 34.9 Å². The van der Waals surface area contributed by atoms with Crippen LogP contribution in [0.2, 0.25) is 0 Å². The van der Waals surface area contributed by atoms with Gasteiger partial charge < -0.3 is 72.6 Å². The van der Waals surface area contributed by atoms with Crippen molar-refractivity contribution in [3.8, 4) is 11.1 Å². The van der Waals surface area contributed by atoms with Crippen molar-refractivity contribution >= 4 is 18.0 Å². The Labute approximate surface area is 371 Å². The van der Waals surface area contributed by atoms with Gasteiger partial charge in [-0.15, -0.1) is 0 Å². The molecule has 1 aliphatic carbocycles. The maximum absolute atomic E-state index is 12.3. The Morgan fingerprint density at radius 1 is 0.429 bits per heavy atom. The zero-order valence-corrected chi connectivity index (χ0v) is 36.8. The number of alkyl carbamates (subject to hydrolysis) is 1. The summed E-state index contributed by atoms with van der Waals surface area (Å²) in [6, 6.07) is 16.5. The van der Waals surface area contributed by atoms with Crippen LogP contribution in [-0.2, 0) is 66.4 Å². The number of ether oxygens (including phenoxy) is 12. The summed E-state index contributed by atoms with van der Waals surface area (Å²) in [7, 11) is 0. The molecule has 3 rings (SSSR count). The lowest BCUT2D eigenvalue weighted by Crippen LogP contribution is -2.27. The number of hydrogen-bond donors (Lipinski definition) is 3. The molecule has 0 bridgehead atoms. The number of carbonyl (C=O) groups excluding carboxylic acids is 2. The van der Waals surface area contributed by atoms with Crippen LogP contribution < -0.4 is 10.6 Å². The lowest BCUT2D eigenvalue weighted by atomic mass is 9.98. The fourth-order valence-corrected chi connectivity index (χ4v) is 6.03. The van der Waals surface area contributed by atoms with Gasteiger partial charge in [0.15, 0.2) is 0 Å². The van der Waals surface area contributed by atoms with Crippen LogP contribution in [0.25, 0.3) is 11.1 Å². The van der Waals surface area contributed by atoms with Crippen molar-refractivity contribution in [2.45, 2.75) is 31.6 Å². The molecule has 0 unspecified atom stereocenters. The topological polar surface area (TPSA) is 206 Å². The number of benzene rings is 2. The molecule has 0 spiro atoms. The highest BCUT2D eigenvalue weighted by molar-refractivity contribution is 5.80. The van der Waals surface area contributed by atoms with E-state index in [0.29, 0.717) is 178 Å². The van der Waals surface area contributed by atoms with Crippen molar-refractivity contribution < 1.29 is 76.3 Å². The van der Waals surface area contributed by atoms with Crippen LogP contribution in [0, 0.1) is 0 Å². The molecule has 0 aliphatic heterocycles. The largest absolute Gasteiger partial charge is 0.481 e. The first-order chi connectivity index (χ1) is 31.1. The van der Waals surface area contributed by atoms with Crippen LogP contribution in [0.15, 0.2) is 48.5 Å². The average Bonchev–Trinajstić information content (AvgIpc) is 3.61. The van der Waals surface area contributed by atoms with Gasteiger partial charge in [-0.2, -0.15) is 0 Å². The second kappa shape index (κ2) is 37.6. The van der Waals surface area contributed by atoms with Gasteiger partial charge in [0.1, 0.15) is 6.61 Å². The summed E-state index contributed by atoms with van der Waals surface area (Å²) in [6.07, 6.45) is 0.715. The van der Waals surface area contributed by atoms with E-state index in [4.69, 9.17) is 61.9 Å². The molecule has 356 valence electrons. The van der Waals surface area contributed by atoms with Gasteiger partial charge in [0, 0.05) is 38.6 Å². The molecule has 0 saturated carbocycles. The van der Waals surface area contributed by atoms with Crippen LogP contribution in [0.4, 0.5) is 4.79 Å². The number of nitrogens with one attached hydrogen (secondary N) is 2. The summed E-state index contributed by atoms with van der Waals surface area (Å²) >= 11 is 0. The molecule has 0 aromatic heterocycles. The molecule has 0 radical (unpaired) electrons. The second-order valence-corrected chi connectivity index (χ2v) is 13.9. The number of rotatable bonds is 43. The lowest BCUT2D eigenvalue weighted by molar-refractivity contribution is -0.138. The minimum atomic E-state index is -0.986. The quantitative estimate of drug-likeness (QED) is 0.0816. The van der Waals surface area contributed by atoms with Crippen molar-refractivity contribution in [3.63, 3.8) is 0 Å². The van der Waals surface area contributed by atoms with Crippen molar-refractivity contribution in [1.29, 1.82) is 0 Å². The average molecular weight is 895 g/mol. The van der Waals surface area contributed by atoms with E-state index in [-0.39, 0.29) is 24.7 Å². The lowest BCUT2D eigenvalue weighted by Gasteiger charge is -2.14. The first kappa shape index (κ1) is 53.5. The van der Waals surface area contributed by atoms with Crippen molar-refractivity contribution in [1.82, 2.24) is 10.6 Å². The van der Waals surface area contributed by atoms with Crippen LogP contribution in [0.3, 0.4) is 0 Å². The third-order valence-electron chi connectivity index (χ3n) is 9.15. The van der Waals surface area contributed by atoms with Gasteiger partial charge in [0.25, 0.3) is 0 Å². The monoisotopic (exact) mass is 894 g/mol. The van der Waals surface area contributed by atoms with Crippen molar-refractivity contribution in [2.75, 3.05) is 165 Å². The summed E-state index contributed by atoms with van der Waals surface area (Å²) in [5.41, 5.74) is 4.78. The fourth-order valence-electron chi connectivity index (χ4n) is 6.03. The Bertz CT molecular complexity index is 1420. The number of amides is 2. The molecule has 2 aromatic carbocycles. The molecule has 18 heteroatoms. The minimum absolute atomic E-state index is 0.0153. The second-order valence-electron chi connectivity index (χ2n) is 13.9. The van der Waals surface area contributed by atoms with Crippen molar-refractivity contribution in [2.24, 2.45) is 0 Å². The summed E-state index contributed by atoms with van der Waals surface area (Å²) < 4.78 is 66.0. The van der Waals surface area contributed by atoms with Gasteiger partial charge in [-0.05, 0) is 35.1 Å². The highest BCUT2D eigenvalue weighted by Gasteiger charge is 2.29. The molecule has 63 heavy (non-hydrogen) atoms. The van der Waals surface area contributed by atoms with Gasteiger partial charge in [0.2, 0.25) is 5.91 Å². The Kier molecular flexibility index (Phi) is 31.9. The van der Waals surface area contributed by atoms with E-state index >= 15 is 0 Å². The van der Waals surface area contributed by atoms with Crippen LogP contribution >= 0.6 is 0 Å². The van der Waals surface area contributed by atoms with E-state index in [0.717, 1.165) is 0 Å². The van der Waals surface area contributed by atoms with Gasteiger partial charge in [-0.3, -0.25) is 9.59 Å². The van der Waals surface area contributed by atoms with E-state index in [1.54, 1.807) is 0 Å². The Morgan fingerprint density at radius 3 is 1.10 bits per heavy atom. The predicted molar refractivity (Wildman–Crippen MR) is 231 cm³/mol. The number of fused-ring (bicyclic) bond motifs is 3. The van der Waals surface area contributed by atoms with E-state index in [9.17, 15) is 14.4 Å². The smallest absolute Gasteiger partial charge is 0.407 e. The van der Waals surface area contributed by atoms with Crippen LogP contribution in [-0.4, -0.2) is 188 Å². The molecule has 0 fully saturated rings. The van der Waals surface area contributed by atoms with Gasteiger partial charge in [-0.25, -0.2) is 4.79 Å². The zero-order valence-electron chi connectivity index (χ0n) is 36.8. The Morgan fingerprint density at radius 2 is 0.746 bits per heavy atom. The Hall–Kier alpha value is -3.79. The van der Waals surface area contributed by atoms with Gasteiger partial charge in [-0.1, -0.05) is 48.5 Å². The SMILES string of the molecule is O=C(O)CCC(=O)NCCCOCCOCCOCCOCCOCCOCCOCCOCCOCCOCCOCCCNC(=O)OCC1c2ccccc2-c2ccccc21. The standard InChI is InChI=1S/C45H70N2O16/c48-43(11-12-44(49)50)46-13-5-15-52-17-19-54-21-23-56-25-27-58-29-31-60-33-35-62-36-34-61-32-30-59-28-26-57-24-22-55-20-18-53-16-6-14-47-45(51)63-37-42-40-9-3-1-7-38(40)39-8-2-4-10-41(39)42/h1-4,7-10,42H,5-6,11-37H2,(H,46,48)(H,47,51)(H,49,50). The molecule has 1 aliphatic rings. The summed E-state index contributed by atoms with van der Waals surface area (Å²) in [6.45, 7) is 11.6. The fraction of sp³-hybridized carbons (Fsp3) is 0.667. The molecule has 0 atom stereocenters. The highest BCUT2D eigenvalue weighted by atomic mass is 16.6. The molecule has 0 heterocycles. The maximum Gasteiger partial charge on any atom is 0.407 e. The number of carboxylic acids is 1.